The molecule has 7 heteroatoms. The lowest BCUT2D eigenvalue weighted by Crippen LogP contribution is -2.33. The predicted molar refractivity (Wildman–Crippen MR) is 78.3 cm³/mol. The minimum absolute atomic E-state index is 0.0605. The van der Waals surface area contributed by atoms with E-state index in [1.54, 1.807) is 0 Å². The van der Waals surface area contributed by atoms with Crippen LogP contribution < -0.4 is 15.5 Å². The highest BCUT2D eigenvalue weighted by molar-refractivity contribution is 5.90. The van der Waals surface area contributed by atoms with Crippen molar-refractivity contribution >= 4 is 23.4 Å². The summed E-state index contributed by atoms with van der Waals surface area (Å²) in [5.41, 5.74) is 1.61. The number of cyclic esters (lactones) is 1. The molecule has 0 spiro atoms. The molecule has 1 aliphatic rings. The van der Waals surface area contributed by atoms with Crippen LogP contribution in [0.25, 0.3) is 0 Å². The Morgan fingerprint density at radius 2 is 2.14 bits per heavy atom. The second-order valence-electron chi connectivity index (χ2n) is 4.75. The Labute approximate surface area is 122 Å². The number of aliphatic hydroxyl groups is 1. The molecule has 1 aliphatic heterocycles. The summed E-state index contributed by atoms with van der Waals surface area (Å²) in [6, 6.07) is 7.28. The van der Waals surface area contributed by atoms with Gasteiger partial charge in [0.2, 0.25) is 5.91 Å². The Bertz CT molecular complexity index is 503. The fraction of sp³-hybridized carbons (Fsp3) is 0.429. The molecule has 21 heavy (non-hydrogen) atoms. The van der Waals surface area contributed by atoms with Gasteiger partial charge in [0.05, 0.1) is 19.7 Å². The van der Waals surface area contributed by atoms with Gasteiger partial charge in [-0.2, -0.15) is 0 Å². The number of benzene rings is 1. The Balaban J connectivity index is 1.95. The van der Waals surface area contributed by atoms with Gasteiger partial charge in [0.15, 0.2) is 0 Å². The Hall–Kier alpha value is -2.28. The highest BCUT2D eigenvalue weighted by Gasteiger charge is 2.32. The van der Waals surface area contributed by atoms with E-state index in [4.69, 9.17) is 9.84 Å². The summed E-state index contributed by atoms with van der Waals surface area (Å²) in [5, 5.41) is 14.4. The van der Waals surface area contributed by atoms with Gasteiger partial charge in [0.25, 0.3) is 0 Å². The number of amides is 2. The summed E-state index contributed by atoms with van der Waals surface area (Å²) < 4.78 is 5.20. The molecule has 1 saturated heterocycles. The van der Waals surface area contributed by atoms with Gasteiger partial charge in [-0.1, -0.05) is 0 Å². The van der Waals surface area contributed by atoms with Gasteiger partial charge in [-0.05, 0) is 24.3 Å². The topological polar surface area (TPSA) is 90.9 Å². The third kappa shape index (κ3) is 4.09. The number of aliphatic hydroxyl groups excluding tert-OH is 1. The first-order valence-corrected chi connectivity index (χ1v) is 6.77. The number of hydrogen-bond donors (Lipinski definition) is 3. The number of nitrogens with zero attached hydrogens (tertiary/aromatic N) is 1. The van der Waals surface area contributed by atoms with Crippen molar-refractivity contribution in [3.63, 3.8) is 0 Å². The van der Waals surface area contributed by atoms with E-state index in [0.717, 1.165) is 11.4 Å². The quantitative estimate of drug-likeness (QED) is 0.712. The van der Waals surface area contributed by atoms with Crippen molar-refractivity contribution in [3.8, 4) is 0 Å². The summed E-state index contributed by atoms with van der Waals surface area (Å²) in [7, 11) is 0. The number of nitrogens with one attached hydrogen (secondary N) is 2. The van der Waals surface area contributed by atoms with E-state index in [9.17, 15) is 9.59 Å². The van der Waals surface area contributed by atoms with Gasteiger partial charge in [0, 0.05) is 24.8 Å². The zero-order valence-electron chi connectivity index (χ0n) is 11.8. The monoisotopic (exact) mass is 293 g/mol. The number of hydrogen-bond acceptors (Lipinski definition) is 5. The first-order chi connectivity index (χ1) is 10.1. The van der Waals surface area contributed by atoms with Crippen LogP contribution >= 0.6 is 0 Å². The zero-order valence-corrected chi connectivity index (χ0v) is 11.8. The summed E-state index contributed by atoms with van der Waals surface area (Å²) >= 11 is 0. The molecule has 0 aromatic heterocycles. The van der Waals surface area contributed by atoms with Crippen LogP contribution in [0.3, 0.4) is 0 Å². The molecule has 1 atom stereocenters. The van der Waals surface area contributed by atoms with Gasteiger partial charge in [-0.15, -0.1) is 0 Å². The van der Waals surface area contributed by atoms with Crippen LogP contribution in [0, 0.1) is 0 Å². The maximum absolute atomic E-state index is 11.8. The van der Waals surface area contributed by atoms with Crippen LogP contribution in [-0.4, -0.2) is 49.5 Å². The maximum Gasteiger partial charge on any atom is 0.414 e. The van der Waals surface area contributed by atoms with Crippen LogP contribution in [0.4, 0.5) is 16.2 Å². The fourth-order valence-corrected chi connectivity index (χ4v) is 2.06. The van der Waals surface area contributed by atoms with Crippen molar-refractivity contribution < 1.29 is 19.4 Å². The van der Waals surface area contributed by atoms with Gasteiger partial charge < -0.3 is 20.5 Å². The summed E-state index contributed by atoms with van der Waals surface area (Å²) in [6.45, 7) is 2.68. The molecule has 0 unspecified atom stereocenters. The van der Waals surface area contributed by atoms with Gasteiger partial charge in [-0.25, -0.2) is 4.79 Å². The first kappa shape index (κ1) is 15.1. The minimum atomic E-state index is -0.415. The number of ether oxygens (including phenoxy) is 1. The van der Waals surface area contributed by atoms with E-state index in [1.807, 2.05) is 24.3 Å². The molecular formula is C14H19N3O4. The van der Waals surface area contributed by atoms with Gasteiger partial charge >= 0.3 is 6.09 Å². The van der Waals surface area contributed by atoms with Crippen molar-refractivity contribution in [2.24, 2.45) is 0 Å². The van der Waals surface area contributed by atoms with Crippen molar-refractivity contribution in [1.29, 1.82) is 0 Å². The molecule has 0 aliphatic carbocycles. The molecule has 1 fully saturated rings. The van der Waals surface area contributed by atoms with E-state index >= 15 is 0 Å². The average molecular weight is 293 g/mol. The largest absolute Gasteiger partial charge is 0.442 e. The number of carbonyl (C=O) groups excluding carboxylic acids is 2. The Morgan fingerprint density at radius 3 is 2.76 bits per heavy atom. The molecule has 1 aromatic rings. The summed E-state index contributed by atoms with van der Waals surface area (Å²) in [4.78, 5) is 24.2. The second kappa shape index (κ2) is 6.94. The van der Waals surface area contributed by atoms with Gasteiger partial charge in [-0.3, -0.25) is 9.69 Å². The SMILES string of the molecule is CC(=O)NC[C@H]1CN(c2ccc(NCCO)cc2)C(=O)O1. The third-order valence-electron chi connectivity index (χ3n) is 3.07. The van der Waals surface area contributed by atoms with Crippen molar-refractivity contribution in [3.05, 3.63) is 24.3 Å². The molecule has 0 bridgehead atoms. The Kier molecular flexibility index (Phi) is 4.99. The lowest BCUT2D eigenvalue weighted by atomic mass is 10.2. The first-order valence-electron chi connectivity index (χ1n) is 6.77. The second-order valence-corrected chi connectivity index (χ2v) is 4.75. The average Bonchev–Trinajstić information content (AvgIpc) is 2.84. The van der Waals surface area contributed by atoms with Crippen molar-refractivity contribution in [2.75, 3.05) is 36.5 Å². The van der Waals surface area contributed by atoms with Crippen LogP contribution in [0.1, 0.15) is 6.92 Å². The smallest absolute Gasteiger partial charge is 0.414 e. The Morgan fingerprint density at radius 1 is 1.43 bits per heavy atom. The van der Waals surface area contributed by atoms with E-state index in [0.29, 0.717) is 19.6 Å². The number of anilines is 2. The van der Waals surface area contributed by atoms with Gasteiger partial charge in [0.1, 0.15) is 6.10 Å². The minimum Gasteiger partial charge on any atom is -0.442 e. The molecule has 1 aromatic carbocycles. The molecular weight excluding hydrogens is 274 g/mol. The summed E-state index contributed by atoms with van der Waals surface area (Å²) in [6.07, 6.45) is -0.755. The highest BCUT2D eigenvalue weighted by atomic mass is 16.6. The van der Waals surface area contributed by atoms with Crippen LogP contribution in [0.15, 0.2) is 24.3 Å². The predicted octanol–water partition coefficient (Wildman–Crippen LogP) is 0.552. The number of rotatable bonds is 6. The standard InChI is InChI=1S/C14H19N3O4/c1-10(19)16-8-13-9-17(14(20)21-13)12-4-2-11(3-5-12)15-6-7-18/h2-5,13,15,18H,6-9H2,1H3,(H,16,19)/t13-/m0/s1. The van der Waals surface area contributed by atoms with E-state index in [-0.39, 0.29) is 18.6 Å². The molecule has 0 radical (unpaired) electrons. The lowest BCUT2D eigenvalue weighted by molar-refractivity contribution is -0.119. The molecule has 7 nitrogen and oxygen atoms in total. The van der Waals surface area contributed by atoms with Crippen molar-refractivity contribution in [1.82, 2.24) is 5.32 Å². The highest BCUT2D eigenvalue weighted by Crippen LogP contribution is 2.23. The van der Waals surface area contributed by atoms with E-state index in [2.05, 4.69) is 10.6 Å². The van der Waals surface area contributed by atoms with E-state index in [1.165, 1.54) is 11.8 Å². The fourth-order valence-electron chi connectivity index (χ4n) is 2.06. The van der Waals surface area contributed by atoms with E-state index < -0.39 is 6.09 Å². The van der Waals surface area contributed by atoms with Crippen molar-refractivity contribution in [2.45, 2.75) is 13.0 Å². The molecule has 114 valence electrons. The van der Waals surface area contributed by atoms with Crippen LogP contribution in [-0.2, 0) is 9.53 Å². The molecule has 0 saturated carbocycles. The van der Waals surface area contributed by atoms with Crippen LogP contribution in [0.5, 0.6) is 0 Å². The molecule has 1 heterocycles. The van der Waals surface area contributed by atoms with Crippen LogP contribution in [0.2, 0.25) is 0 Å². The lowest BCUT2D eigenvalue weighted by Gasteiger charge is -2.14. The molecule has 2 rings (SSSR count). The third-order valence-corrected chi connectivity index (χ3v) is 3.07. The molecule has 2 amide bonds. The maximum atomic E-state index is 11.8. The summed E-state index contributed by atoms with van der Waals surface area (Å²) in [5.74, 6) is -0.149. The normalized spacial score (nSPS) is 17.5. The zero-order chi connectivity index (χ0) is 15.2. The molecule has 3 N–H and O–H groups in total. The number of carbonyl (C=O) groups is 2.